The monoisotopic (exact) mass is 304 g/mol. The Morgan fingerprint density at radius 2 is 2.04 bits per heavy atom. The van der Waals surface area contributed by atoms with Crippen LogP contribution in [0.2, 0.25) is 0 Å². The SMILES string of the molecule is Cc1ncc2c(-c3cccc([N+](=O)[O-])c3)c3ccccn3c2n1. The fraction of sp³-hybridized carbons (Fsp3) is 0.0588. The number of rotatable bonds is 2. The zero-order chi connectivity index (χ0) is 16.0. The number of nitro groups is 1. The van der Waals surface area contributed by atoms with Crippen molar-refractivity contribution in [1.29, 1.82) is 0 Å². The van der Waals surface area contributed by atoms with Crippen molar-refractivity contribution in [3.63, 3.8) is 0 Å². The van der Waals surface area contributed by atoms with E-state index in [-0.39, 0.29) is 10.6 Å². The number of hydrogen-bond donors (Lipinski definition) is 0. The normalized spacial score (nSPS) is 11.2. The summed E-state index contributed by atoms with van der Waals surface area (Å²) in [5, 5.41) is 11.9. The Kier molecular flexibility index (Phi) is 2.84. The van der Waals surface area contributed by atoms with E-state index >= 15 is 0 Å². The Bertz CT molecular complexity index is 1070. The van der Waals surface area contributed by atoms with Gasteiger partial charge in [0, 0.05) is 35.5 Å². The molecule has 23 heavy (non-hydrogen) atoms. The molecular formula is C17H12N4O2. The molecule has 3 aromatic heterocycles. The summed E-state index contributed by atoms with van der Waals surface area (Å²) in [6, 6.07) is 12.5. The zero-order valence-corrected chi connectivity index (χ0v) is 12.3. The van der Waals surface area contributed by atoms with Crippen LogP contribution < -0.4 is 0 Å². The third-order valence-electron chi connectivity index (χ3n) is 3.85. The van der Waals surface area contributed by atoms with Crippen molar-refractivity contribution in [2.75, 3.05) is 0 Å². The van der Waals surface area contributed by atoms with E-state index < -0.39 is 0 Å². The van der Waals surface area contributed by atoms with Gasteiger partial charge in [-0.1, -0.05) is 18.2 Å². The summed E-state index contributed by atoms with van der Waals surface area (Å²) in [7, 11) is 0. The summed E-state index contributed by atoms with van der Waals surface area (Å²) in [6.45, 7) is 1.84. The first kappa shape index (κ1) is 13.4. The fourth-order valence-corrected chi connectivity index (χ4v) is 2.87. The number of non-ortho nitro benzene ring substituents is 1. The minimum Gasteiger partial charge on any atom is -0.301 e. The second-order valence-electron chi connectivity index (χ2n) is 5.29. The first-order chi connectivity index (χ1) is 11.1. The maximum atomic E-state index is 11.1. The smallest absolute Gasteiger partial charge is 0.270 e. The van der Waals surface area contributed by atoms with E-state index in [1.54, 1.807) is 18.3 Å². The van der Waals surface area contributed by atoms with Crippen LogP contribution >= 0.6 is 0 Å². The highest BCUT2D eigenvalue weighted by Gasteiger charge is 2.16. The summed E-state index contributed by atoms with van der Waals surface area (Å²) in [5.41, 5.74) is 3.51. The number of nitrogens with zero attached hydrogens (tertiary/aromatic N) is 4. The number of aromatic nitrogens is 3. The van der Waals surface area contributed by atoms with Gasteiger partial charge in [-0.15, -0.1) is 0 Å². The molecule has 0 aliphatic heterocycles. The lowest BCUT2D eigenvalue weighted by Gasteiger charge is -2.01. The Morgan fingerprint density at radius 1 is 1.17 bits per heavy atom. The van der Waals surface area contributed by atoms with Gasteiger partial charge in [-0.05, 0) is 24.6 Å². The average molecular weight is 304 g/mol. The van der Waals surface area contributed by atoms with Gasteiger partial charge in [0.25, 0.3) is 5.69 Å². The first-order valence-corrected chi connectivity index (χ1v) is 7.12. The molecule has 0 radical (unpaired) electrons. The average Bonchev–Trinajstić information content (AvgIpc) is 2.89. The van der Waals surface area contributed by atoms with Crippen LogP contribution in [0, 0.1) is 17.0 Å². The number of aryl methyl sites for hydroxylation is 1. The van der Waals surface area contributed by atoms with Gasteiger partial charge in [-0.3, -0.25) is 10.1 Å². The van der Waals surface area contributed by atoms with E-state index in [4.69, 9.17) is 0 Å². The predicted molar refractivity (Wildman–Crippen MR) is 87.3 cm³/mol. The van der Waals surface area contributed by atoms with Crippen LogP contribution in [0.1, 0.15) is 5.82 Å². The Balaban J connectivity index is 2.13. The van der Waals surface area contributed by atoms with E-state index in [0.29, 0.717) is 5.82 Å². The van der Waals surface area contributed by atoms with Crippen LogP contribution in [0.5, 0.6) is 0 Å². The molecule has 6 nitrogen and oxygen atoms in total. The molecule has 0 unspecified atom stereocenters. The van der Waals surface area contributed by atoms with Gasteiger partial charge in [0.2, 0.25) is 0 Å². The molecule has 0 aliphatic carbocycles. The lowest BCUT2D eigenvalue weighted by atomic mass is 10.0. The lowest BCUT2D eigenvalue weighted by Crippen LogP contribution is -1.89. The van der Waals surface area contributed by atoms with Crippen LogP contribution in [0.4, 0.5) is 5.69 Å². The molecule has 0 N–H and O–H groups in total. The standard InChI is InChI=1S/C17H12N4O2/c1-11-18-10-14-16(12-5-4-6-13(9-12)21(22)23)15-7-2-3-8-20(15)17(14)19-11/h2-10H,1H3. The number of nitro benzene ring substituents is 1. The van der Waals surface area contributed by atoms with E-state index in [1.807, 2.05) is 41.8 Å². The summed E-state index contributed by atoms with van der Waals surface area (Å²) in [4.78, 5) is 19.5. The molecule has 6 heteroatoms. The molecule has 4 aromatic rings. The highest BCUT2D eigenvalue weighted by Crippen LogP contribution is 2.35. The predicted octanol–water partition coefficient (Wildman–Crippen LogP) is 3.77. The molecule has 0 aliphatic rings. The van der Waals surface area contributed by atoms with Gasteiger partial charge in [-0.25, -0.2) is 9.97 Å². The number of pyridine rings is 1. The first-order valence-electron chi connectivity index (χ1n) is 7.12. The fourth-order valence-electron chi connectivity index (χ4n) is 2.87. The molecule has 112 valence electrons. The Labute approximate surface area is 131 Å². The van der Waals surface area contributed by atoms with E-state index in [1.165, 1.54) is 6.07 Å². The summed E-state index contributed by atoms with van der Waals surface area (Å²) < 4.78 is 1.98. The van der Waals surface area contributed by atoms with Gasteiger partial charge in [-0.2, -0.15) is 0 Å². The van der Waals surface area contributed by atoms with Crippen LogP contribution in [-0.2, 0) is 0 Å². The maximum absolute atomic E-state index is 11.1. The maximum Gasteiger partial charge on any atom is 0.270 e. The minimum absolute atomic E-state index is 0.0685. The van der Waals surface area contributed by atoms with Crippen LogP contribution in [0.15, 0.2) is 54.9 Å². The molecule has 0 fully saturated rings. The molecule has 0 spiro atoms. The molecule has 3 heterocycles. The Hall–Kier alpha value is -3.28. The number of hydrogen-bond acceptors (Lipinski definition) is 4. The molecule has 0 amide bonds. The zero-order valence-electron chi connectivity index (χ0n) is 12.3. The van der Waals surface area contributed by atoms with Crippen molar-refractivity contribution < 1.29 is 4.92 Å². The molecule has 0 bridgehead atoms. The second kappa shape index (κ2) is 4.88. The summed E-state index contributed by atoms with van der Waals surface area (Å²) in [6.07, 6.45) is 3.71. The highest BCUT2D eigenvalue weighted by molar-refractivity contribution is 6.04. The molecule has 1 aromatic carbocycles. The van der Waals surface area contributed by atoms with Crippen molar-refractivity contribution in [1.82, 2.24) is 14.4 Å². The minimum atomic E-state index is -0.384. The second-order valence-corrected chi connectivity index (χ2v) is 5.29. The molecule has 0 saturated carbocycles. The third kappa shape index (κ3) is 2.03. The quantitative estimate of drug-likeness (QED) is 0.417. The molecule has 4 rings (SSSR count). The van der Waals surface area contributed by atoms with Crippen molar-refractivity contribution >= 4 is 22.2 Å². The largest absolute Gasteiger partial charge is 0.301 e. The molecule has 0 atom stereocenters. The topological polar surface area (TPSA) is 73.3 Å². The van der Waals surface area contributed by atoms with E-state index in [9.17, 15) is 10.1 Å². The Morgan fingerprint density at radius 3 is 2.87 bits per heavy atom. The van der Waals surface area contributed by atoms with Gasteiger partial charge < -0.3 is 4.40 Å². The molecular weight excluding hydrogens is 292 g/mol. The van der Waals surface area contributed by atoms with Gasteiger partial charge in [0.05, 0.1) is 10.4 Å². The summed E-state index contributed by atoms with van der Waals surface area (Å²) >= 11 is 0. The molecule has 0 saturated heterocycles. The van der Waals surface area contributed by atoms with Crippen LogP contribution in [0.25, 0.3) is 27.7 Å². The van der Waals surface area contributed by atoms with Gasteiger partial charge in [0.1, 0.15) is 11.5 Å². The van der Waals surface area contributed by atoms with Crippen molar-refractivity contribution in [3.8, 4) is 11.1 Å². The van der Waals surface area contributed by atoms with Crippen molar-refractivity contribution in [3.05, 3.63) is 70.8 Å². The van der Waals surface area contributed by atoms with Crippen molar-refractivity contribution in [2.45, 2.75) is 6.92 Å². The van der Waals surface area contributed by atoms with Gasteiger partial charge in [0.15, 0.2) is 0 Å². The number of benzene rings is 1. The van der Waals surface area contributed by atoms with Crippen molar-refractivity contribution in [2.24, 2.45) is 0 Å². The number of fused-ring (bicyclic) bond motifs is 3. The van der Waals surface area contributed by atoms with Crippen LogP contribution in [0.3, 0.4) is 0 Å². The highest BCUT2D eigenvalue weighted by atomic mass is 16.6. The van der Waals surface area contributed by atoms with Crippen LogP contribution in [-0.4, -0.2) is 19.3 Å². The van der Waals surface area contributed by atoms with E-state index in [2.05, 4.69) is 9.97 Å². The van der Waals surface area contributed by atoms with E-state index in [0.717, 1.165) is 27.7 Å². The summed E-state index contributed by atoms with van der Waals surface area (Å²) in [5.74, 6) is 0.686. The lowest BCUT2D eigenvalue weighted by molar-refractivity contribution is -0.384. The third-order valence-corrected chi connectivity index (χ3v) is 3.85. The van der Waals surface area contributed by atoms with Gasteiger partial charge >= 0.3 is 0 Å².